The molecule has 1 aliphatic heterocycles. The van der Waals surface area contributed by atoms with Crippen molar-refractivity contribution < 1.29 is 18.4 Å². The van der Waals surface area contributed by atoms with E-state index in [0.717, 1.165) is 19.3 Å². The minimum atomic E-state index is -0.324. The molecule has 4 rings (SSSR count). The van der Waals surface area contributed by atoms with Crippen molar-refractivity contribution in [2.24, 2.45) is 0 Å². The SMILES string of the molecule is O=C(c1ccsc1)N1CCCCC1c1noc(COc2ccc(F)cc2)n1. The van der Waals surface area contributed by atoms with Gasteiger partial charge in [-0.3, -0.25) is 4.79 Å². The molecule has 3 heterocycles. The molecule has 0 saturated carbocycles. The summed E-state index contributed by atoms with van der Waals surface area (Å²) in [5, 5.41) is 7.81. The number of hydrogen-bond acceptors (Lipinski definition) is 6. The molecule has 140 valence electrons. The van der Waals surface area contributed by atoms with Crippen LogP contribution < -0.4 is 4.74 Å². The zero-order valence-corrected chi connectivity index (χ0v) is 15.3. The van der Waals surface area contributed by atoms with Gasteiger partial charge in [-0.15, -0.1) is 0 Å². The molecule has 1 aliphatic rings. The molecule has 1 fully saturated rings. The number of carbonyl (C=O) groups is 1. The molecule has 0 aliphatic carbocycles. The lowest BCUT2D eigenvalue weighted by Crippen LogP contribution is -2.38. The number of amides is 1. The monoisotopic (exact) mass is 387 g/mol. The Hall–Kier alpha value is -2.74. The standard InChI is InChI=1S/C19H18FN3O3S/c20-14-4-6-15(7-5-14)25-11-17-21-18(22-26-17)16-3-1-2-9-23(16)19(24)13-8-10-27-12-13/h4-8,10,12,16H,1-3,9,11H2. The highest BCUT2D eigenvalue weighted by Crippen LogP contribution is 2.31. The van der Waals surface area contributed by atoms with Crippen molar-refractivity contribution in [3.8, 4) is 5.75 Å². The number of halogens is 1. The quantitative estimate of drug-likeness (QED) is 0.656. The minimum Gasteiger partial charge on any atom is -0.484 e. The predicted octanol–water partition coefficient (Wildman–Crippen LogP) is 4.22. The third-order valence-electron chi connectivity index (χ3n) is 4.49. The van der Waals surface area contributed by atoms with E-state index in [9.17, 15) is 9.18 Å². The van der Waals surface area contributed by atoms with Crippen molar-refractivity contribution in [1.82, 2.24) is 15.0 Å². The Morgan fingerprint density at radius 1 is 1.30 bits per heavy atom. The van der Waals surface area contributed by atoms with Gasteiger partial charge in [0.1, 0.15) is 11.6 Å². The molecule has 1 saturated heterocycles. The van der Waals surface area contributed by atoms with E-state index in [0.29, 0.717) is 29.6 Å². The van der Waals surface area contributed by atoms with Crippen molar-refractivity contribution in [2.75, 3.05) is 6.54 Å². The molecule has 0 bridgehead atoms. The van der Waals surface area contributed by atoms with Gasteiger partial charge in [0.2, 0.25) is 0 Å². The molecule has 8 heteroatoms. The normalized spacial score (nSPS) is 17.1. The molecular formula is C19H18FN3O3S. The summed E-state index contributed by atoms with van der Waals surface area (Å²) in [6, 6.07) is 7.35. The Balaban J connectivity index is 1.45. The van der Waals surface area contributed by atoms with E-state index < -0.39 is 0 Å². The van der Waals surface area contributed by atoms with Gasteiger partial charge in [-0.2, -0.15) is 16.3 Å². The maximum absolute atomic E-state index is 12.9. The fraction of sp³-hybridized carbons (Fsp3) is 0.316. The van der Waals surface area contributed by atoms with Crippen LogP contribution in [0.4, 0.5) is 4.39 Å². The second-order valence-electron chi connectivity index (χ2n) is 6.31. The van der Waals surface area contributed by atoms with Crippen LogP contribution in [0.2, 0.25) is 0 Å². The summed E-state index contributed by atoms with van der Waals surface area (Å²) in [6.07, 6.45) is 2.77. The molecule has 0 radical (unpaired) electrons. The van der Waals surface area contributed by atoms with E-state index in [-0.39, 0.29) is 24.4 Å². The van der Waals surface area contributed by atoms with Gasteiger partial charge in [0, 0.05) is 11.9 Å². The molecule has 1 amide bonds. The summed E-state index contributed by atoms with van der Waals surface area (Å²) >= 11 is 1.50. The lowest BCUT2D eigenvalue weighted by molar-refractivity contribution is 0.0597. The third kappa shape index (κ3) is 4.00. The number of carbonyl (C=O) groups excluding carboxylic acids is 1. The van der Waals surface area contributed by atoms with Crippen LogP contribution in [-0.4, -0.2) is 27.5 Å². The molecular weight excluding hydrogens is 369 g/mol. The van der Waals surface area contributed by atoms with Gasteiger partial charge < -0.3 is 14.2 Å². The highest BCUT2D eigenvalue weighted by atomic mass is 32.1. The van der Waals surface area contributed by atoms with Crippen molar-refractivity contribution in [2.45, 2.75) is 31.9 Å². The first-order valence-corrected chi connectivity index (χ1v) is 9.69. The van der Waals surface area contributed by atoms with Gasteiger partial charge in [0.25, 0.3) is 11.8 Å². The number of thiophene rings is 1. The van der Waals surface area contributed by atoms with E-state index in [4.69, 9.17) is 9.26 Å². The molecule has 2 aromatic heterocycles. The van der Waals surface area contributed by atoms with E-state index >= 15 is 0 Å². The Labute approximate surface area is 159 Å². The molecule has 6 nitrogen and oxygen atoms in total. The fourth-order valence-corrected chi connectivity index (χ4v) is 3.76. The summed E-state index contributed by atoms with van der Waals surface area (Å²) in [4.78, 5) is 19.0. The number of ether oxygens (including phenoxy) is 1. The molecule has 27 heavy (non-hydrogen) atoms. The molecule has 3 aromatic rings. The molecule has 1 atom stereocenters. The smallest absolute Gasteiger partial charge is 0.264 e. The van der Waals surface area contributed by atoms with Gasteiger partial charge in [0.05, 0.1) is 11.6 Å². The Bertz CT molecular complexity index is 895. The summed E-state index contributed by atoms with van der Waals surface area (Å²) in [7, 11) is 0. The van der Waals surface area contributed by atoms with Crippen molar-refractivity contribution in [3.05, 3.63) is 64.2 Å². The van der Waals surface area contributed by atoms with Crippen LogP contribution in [0.25, 0.3) is 0 Å². The lowest BCUT2D eigenvalue weighted by atomic mass is 10.0. The number of piperidine rings is 1. The van der Waals surface area contributed by atoms with Crippen molar-refractivity contribution >= 4 is 17.2 Å². The van der Waals surface area contributed by atoms with Gasteiger partial charge in [-0.05, 0) is 55.0 Å². The van der Waals surface area contributed by atoms with Crippen molar-refractivity contribution in [1.29, 1.82) is 0 Å². The highest BCUT2D eigenvalue weighted by molar-refractivity contribution is 7.08. The van der Waals surface area contributed by atoms with Crippen molar-refractivity contribution in [3.63, 3.8) is 0 Å². The van der Waals surface area contributed by atoms with Crippen LogP contribution in [-0.2, 0) is 6.61 Å². The number of hydrogen-bond donors (Lipinski definition) is 0. The molecule has 0 N–H and O–H groups in total. The Morgan fingerprint density at radius 2 is 2.15 bits per heavy atom. The Kier molecular flexibility index (Phi) is 5.15. The third-order valence-corrected chi connectivity index (χ3v) is 5.17. The van der Waals surface area contributed by atoms with E-state index in [1.54, 1.807) is 0 Å². The first kappa shape index (κ1) is 17.7. The number of rotatable bonds is 5. The topological polar surface area (TPSA) is 68.5 Å². The summed E-state index contributed by atoms with van der Waals surface area (Å²) in [5.74, 6) is 1.01. The van der Waals surface area contributed by atoms with E-state index in [1.807, 2.05) is 21.7 Å². The first-order valence-electron chi connectivity index (χ1n) is 8.75. The number of likely N-dealkylation sites (tertiary alicyclic amines) is 1. The first-order chi connectivity index (χ1) is 13.2. The Morgan fingerprint density at radius 3 is 2.93 bits per heavy atom. The highest BCUT2D eigenvalue weighted by Gasteiger charge is 2.32. The second kappa shape index (κ2) is 7.87. The van der Waals surface area contributed by atoms with E-state index in [2.05, 4.69) is 10.1 Å². The average Bonchev–Trinajstić information content (AvgIpc) is 3.39. The number of aromatic nitrogens is 2. The lowest BCUT2D eigenvalue weighted by Gasteiger charge is -2.33. The van der Waals surface area contributed by atoms with Crippen LogP contribution in [0, 0.1) is 5.82 Å². The second-order valence-corrected chi connectivity index (χ2v) is 7.09. The average molecular weight is 387 g/mol. The van der Waals surface area contributed by atoms with Crippen LogP contribution >= 0.6 is 11.3 Å². The molecule has 0 spiro atoms. The van der Waals surface area contributed by atoms with Crippen LogP contribution in [0.1, 0.15) is 47.4 Å². The van der Waals surface area contributed by atoms with Gasteiger partial charge in [-0.25, -0.2) is 4.39 Å². The summed E-state index contributed by atoms with van der Waals surface area (Å²) in [6.45, 7) is 0.763. The van der Waals surface area contributed by atoms with Gasteiger partial charge in [-0.1, -0.05) is 5.16 Å². The maximum Gasteiger partial charge on any atom is 0.264 e. The van der Waals surface area contributed by atoms with E-state index in [1.165, 1.54) is 35.6 Å². The number of nitrogens with zero attached hydrogens (tertiary/aromatic N) is 3. The predicted molar refractivity (Wildman–Crippen MR) is 97.0 cm³/mol. The zero-order chi connectivity index (χ0) is 18.6. The largest absolute Gasteiger partial charge is 0.484 e. The van der Waals surface area contributed by atoms with Crippen LogP contribution in [0.15, 0.2) is 45.6 Å². The fourth-order valence-electron chi connectivity index (χ4n) is 3.13. The van der Waals surface area contributed by atoms with Gasteiger partial charge in [0.15, 0.2) is 12.4 Å². The summed E-state index contributed by atoms with van der Waals surface area (Å²) in [5.41, 5.74) is 0.690. The minimum absolute atomic E-state index is 0.00476. The maximum atomic E-state index is 12.9. The molecule has 1 unspecified atom stereocenters. The van der Waals surface area contributed by atoms with Gasteiger partial charge >= 0.3 is 0 Å². The zero-order valence-electron chi connectivity index (χ0n) is 14.5. The number of benzene rings is 1. The van der Waals surface area contributed by atoms with Crippen LogP contribution in [0.3, 0.4) is 0 Å². The summed E-state index contributed by atoms with van der Waals surface area (Å²) < 4.78 is 23.8. The molecule has 1 aromatic carbocycles. The van der Waals surface area contributed by atoms with Crippen LogP contribution in [0.5, 0.6) is 5.75 Å².